The Kier molecular flexibility index (Phi) is 5.34. The van der Waals surface area contributed by atoms with Crippen LogP contribution in [0.1, 0.15) is 24.8 Å². The van der Waals surface area contributed by atoms with E-state index in [1.807, 2.05) is 17.8 Å². The summed E-state index contributed by atoms with van der Waals surface area (Å²) in [5.74, 6) is 1.61. The molecule has 0 bridgehead atoms. The Hall–Kier alpha value is -2.10. The van der Waals surface area contributed by atoms with Crippen molar-refractivity contribution in [3.05, 3.63) is 45.2 Å². The van der Waals surface area contributed by atoms with Crippen LogP contribution in [0.4, 0.5) is 0 Å². The van der Waals surface area contributed by atoms with Gasteiger partial charge in [-0.3, -0.25) is 0 Å². The quantitative estimate of drug-likeness (QED) is 0.472. The van der Waals surface area contributed by atoms with E-state index in [-0.39, 0.29) is 0 Å². The lowest BCUT2D eigenvalue weighted by atomic mass is 9.85. The Morgan fingerprint density at radius 2 is 2.33 bits per heavy atom. The number of thiazole rings is 1. The summed E-state index contributed by atoms with van der Waals surface area (Å²) < 4.78 is 7.48. The zero-order valence-electron chi connectivity index (χ0n) is 13.3. The number of hydrogen-bond acceptors (Lipinski definition) is 4. The Morgan fingerprint density at radius 3 is 3.00 bits per heavy atom. The van der Waals surface area contributed by atoms with Gasteiger partial charge in [0.2, 0.25) is 6.19 Å². The van der Waals surface area contributed by atoms with Crippen molar-refractivity contribution in [3.63, 3.8) is 0 Å². The summed E-state index contributed by atoms with van der Waals surface area (Å²) in [6.45, 7) is 0.953. The Balaban J connectivity index is 2.02. The molecular weight excluding hydrogens is 344 g/mol. The van der Waals surface area contributed by atoms with Crippen molar-refractivity contribution >= 4 is 28.8 Å². The molecule has 2 aromatic rings. The summed E-state index contributed by atoms with van der Waals surface area (Å²) in [6, 6.07) is 5.19. The van der Waals surface area contributed by atoms with Gasteiger partial charge in [-0.1, -0.05) is 18.0 Å². The second kappa shape index (κ2) is 7.65. The van der Waals surface area contributed by atoms with Crippen LogP contribution in [-0.2, 0) is 6.54 Å². The summed E-state index contributed by atoms with van der Waals surface area (Å²) in [7, 11) is 1.57. The normalized spacial score (nSPS) is 15.9. The Labute approximate surface area is 149 Å². The molecule has 1 aliphatic rings. The fourth-order valence-corrected chi connectivity index (χ4v) is 3.53. The highest BCUT2D eigenvalue weighted by atomic mass is 35.5. The number of nitrogens with zero attached hydrogens (tertiary/aromatic N) is 4. The number of nitriles is 1. The SMILES string of the molecule is COc1ccc(Cl)cc1C(=NC#N)N=c1sccn1CC1CCC1. The lowest BCUT2D eigenvalue weighted by Gasteiger charge is -2.25. The lowest BCUT2D eigenvalue weighted by molar-refractivity contribution is 0.274. The number of ether oxygens (including phenoxy) is 1. The van der Waals surface area contributed by atoms with Crippen LogP contribution >= 0.6 is 22.9 Å². The van der Waals surface area contributed by atoms with Gasteiger partial charge in [0.1, 0.15) is 5.75 Å². The van der Waals surface area contributed by atoms with Gasteiger partial charge in [0.25, 0.3) is 0 Å². The van der Waals surface area contributed by atoms with Crippen LogP contribution in [0.3, 0.4) is 0 Å². The van der Waals surface area contributed by atoms with E-state index < -0.39 is 0 Å². The van der Waals surface area contributed by atoms with Crippen LogP contribution in [0.2, 0.25) is 5.02 Å². The molecule has 5 nitrogen and oxygen atoms in total. The molecule has 0 amide bonds. The zero-order chi connectivity index (χ0) is 16.9. The number of halogens is 1. The van der Waals surface area contributed by atoms with E-state index in [4.69, 9.17) is 21.6 Å². The topological polar surface area (TPSA) is 62.7 Å². The molecule has 0 N–H and O–H groups in total. The molecule has 1 aromatic heterocycles. The Bertz CT molecular complexity index is 858. The molecule has 0 spiro atoms. The summed E-state index contributed by atoms with van der Waals surface area (Å²) in [4.78, 5) is 9.31. The molecule has 124 valence electrons. The molecule has 1 heterocycles. The van der Waals surface area contributed by atoms with Crippen LogP contribution in [0.25, 0.3) is 0 Å². The number of methoxy groups -OCH3 is 1. The van der Waals surface area contributed by atoms with Crippen molar-refractivity contribution in [1.29, 1.82) is 5.26 Å². The lowest BCUT2D eigenvalue weighted by Crippen LogP contribution is -2.24. The molecule has 3 rings (SSSR count). The molecule has 1 saturated carbocycles. The van der Waals surface area contributed by atoms with Gasteiger partial charge >= 0.3 is 0 Å². The van der Waals surface area contributed by atoms with E-state index in [2.05, 4.69) is 14.6 Å². The number of benzene rings is 1. The minimum absolute atomic E-state index is 0.307. The van der Waals surface area contributed by atoms with Crippen molar-refractivity contribution in [2.45, 2.75) is 25.8 Å². The van der Waals surface area contributed by atoms with E-state index >= 15 is 0 Å². The van der Waals surface area contributed by atoms with Crippen molar-refractivity contribution in [3.8, 4) is 11.9 Å². The summed E-state index contributed by atoms with van der Waals surface area (Å²) in [6.07, 6.45) is 7.69. The molecule has 24 heavy (non-hydrogen) atoms. The monoisotopic (exact) mass is 360 g/mol. The second-order valence-electron chi connectivity index (χ2n) is 5.63. The van der Waals surface area contributed by atoms with Gasteiger partial charge in [-0.25, -0.2) is 0 Å². The third kappa shape index (κ3) is 3.69. The summed E-state index contributed by atoms with van der Waals surface area (Å²) in [5.41, 5.74) is 0.607. The second-order valence-corrected chi connectivity index (χ2v) is 6.94. The van der Waals surface area contributed by atoms with E-state index in [9.17, 15) is 0 Å². The highest BCUT2D eigenvalue weighted by Crippen LogP contribution is 2.27. The third-order valence-electron chi connectivity index (χ3n) is 4.10. The minimum Gasteiger partial charge on any atom is -0.496 e. The van der Waals surface area contributed by atoms with E-state index in [0.717, 1.165) is 17.3 Å². The maximum absolute atomic E-state index is 9.05. The van der Waals surface area contributed by atoms with Crippen molar-refractivity contribution in [1.82, 2.24) is 4.57 Å². The molecular formula is C17H17ClN4OS. The highest BCUT2D eigenvalue weighted by molar-refractivity contribution is 7.07. The summed E-state index contributed by atoms with van der Waals surface area (Å²) >= 11 is 7.61. The maximum Gasteiger partial charge on any atom is 0.207 e. The van der Waals surface area contributed by atoms with Gasteiger partial charge in [-0.05, 0) is 37.0 Å². The van der Waals surface area contributed by atoms with Crippen LogP contribution in [-0.4, -0.2) is 17.5 Å². The first-order valence-corrected chi connectivity index (χ1v) is 8.96. The molecule has 1 aromatic carbocycles. The van der Waals surface area contributed by atoms with Crippen LogP contribution in [0.5, 0.6) is 5.75 Å². The van der Waals surface area contributed by atoms with Gasteiger partial charge in [0.05, 0.1) is 12.7 Å². The minimum atomic E-state index is 0.307. The number of rotatable bonds is 4. The number of aromatic nitrogens is 1. The fourth-order valence-electron chi connectivity index (χ4n) is 2.62. The van der Waals surface area contributed by atoms with Gasteiger partial charge in [0, 0.05) is 23.1 Å². The number of aliphatic imine (C=N–C) groups is 1. The first-order chi connectivity index (χ1) is 11.7. The zero-order valence-corrected chi connectivity index (χ0v) is 14.8. The molecule has 1 fully saturated rings. The van der Waals surface area contributed by atoms with Gasteiger partial charge in [0.15, 0.2) is 10.6 Å². The van der Waals surface area contributed by atoms with Crippen molar-refractivity contribution in [2.75, 3.05) is 7.11 Å². The van der Waals surface area contributed by atoms with Gasteiger partial charge < -0.3 is 9.30 Å². The molecule has 7 heteroatoms. The largest absolute Gasteiger partial charge is 0.496 e. The van der Waals surface area contributed by atoms with E-state index in [0.29, 0.717) is 22.2 Å². The predicted molar refractivity (Wildman–Crippen MR) is 95.4 cm³/mol. The maximum atomic E-state index is 9.05. The molecule has 1 aliphatic carbocycles. The van der Waals surface area contributed by atoms with Gasteiger partial charge in [-0.2, -0.15) is 15.2 Å². The smallest absolute Gasteiger partial charge is 0.207 e. The first kappa shape index (κ1) is 16.7. The van der Waals surface area contributed by atoms with E-state index in [1.54, 1.807) is 25.3 Å². The molecule has 0 saturated heterocycles. The average Bonchev–Trinajstić information content (AvgIpc) is 2.97. The highest BCUT2D eigenvalue weighted by Gasteiger charge is 2.18. The van der Waals surface area contributed by atoms with E-state index in [1.165, 1.54) is 30.6 Å². The van der Waals surface area contributed by atoms with Gasteiger partial charge in [-0.15, -0.1) is 11.3 Å². The van der Waals surface area contributed by atoms with Crippen molar-refractivity contribution < 1.29 is 4.74 Å². The fraction of sp³-hybridized carbons (Fsp3) is 0.353. The molecule has 0 unspecified atom stereocenters. The predicted octanol–water partition coefficient (Wildman–Crippen LogP) is 3.84. The van der Waals surface area contributed by atoms with Crippen molar-refractivity contribution in [2.24, 2.45) is 15.9 Å². The molecule has 0 aliphatic heterocycles. The first-order valence-electron chi connectivity index (χ1n) is 7.70. The third-order valence-corrected chi connectivity index (χ3v) is 5.13. The molecule has 0 radical (unpaired) electrons. The van der Waals surface area contributed by atoms with Crippen LogP contribution in [0.15, 0.2) is 39.8 Å². The molecule has 0 atom stereocenters. The standard InChI is InChI=1S/C17H17ClN4OS/c1-23-15-6-5-13(18)9-14(15)16(20-11-19)21-17-22(7-8-24-17)10-12-3-2-4-12/h5-9,12H,2-4,10H2,1H3. The summed E-state index contributed by atoms with van der Waals surface area (Å²) in [5, 5.41) is 11.6. The van der Waals surface area contributed by atoms with Crippen LogP contribution < -0.4 is 9.54 Å². The Morgan fingerprint density at radius 1 is 1.50 bits per heavy atom. The number of amidine groups is 1. The number of hydrogen-bond donors (Lipinski definition) is 0. The van der Waals surface area contributed by atoms with Crippen LogP contribution in [0, 0.1) is 17.4 Å². The average molecular weight is 361 g/mol.